The first-order chi connectivity index (χ1) is 7.45. The standard InChI is InChI=1S/C12H14O3S/c1-4-15-11(14)8-5-7-9(16-8)6-12(2,3)10(7)13/h5H,4,6H2,1-3H3. The summed E-state index contributed by atoms with van der Waals surface area (Å²) >= 11 is 1.38. The van der Waals surface area contributed by atoms with Crippen molar-refractivity contribution in [3.63, 3.8) is 0 Å². The molecule has 0 bridgehead atoms. The molecule has 1 aromatic rings. The van der Waals surface area contributed by atoms with Crippen molar-refractivity contribution in [2.75, 3.05) is 6.61 Å². The maximum atomic E-state index is 12.0. The monoisotopic (exact) mass is 238 g/mol. The normalized spacial score (nSPS) is 17.3. The minimum Gasteiger partial charge on any atom is -0.462 e. The summed E-state index contributed by atoms with van der Waals surface area (Å²) in [4.78, 5) is 25.0. The van der Waals surface area contributed by atoms with Gasteiger partial charge < -0.3 is 4.74 Å². The molecular weight excluding hydrogens is 224 g/mol. The molecule has 0 aromatic carbocycles. The van der Waals surface area contributed by atoms with E-state index in [0.29, 0.717) is 17.0 Å². The highest BCUT2D eigenvalue weighted by molar-refractivity contribution is 7.14. The number of esters is 1. The van der Waals surface area contributed by atoms with E-state index in [9.17, 15) is 9.59 Å². The zero-order chi connectivity index (χ0) is 11.9. The molecule has 0 saturated carbocycles. The summed E-state index contributed by atoms with van der Waals surface area (Å²) in [6.07, 6.45) is 0.727. The Kier molecular flexibility index (Phi) is 2.62. The fraction of sp³-hybridized carbons (Fsp3) is 0.500. The van der Waals surface area contributed by atoms with Crippen LogP contribution in [0.1, 0.15) is 45.7 Å². The average Bonchev–Trinajstić information content (AvgIpc) is 2.67. The van der Waals surface area contributed by atoms with Crippen LogP contribution in [0.4, 0.5) is 0 Å². The van der Waals surface area contributed by atoms with Gasteiger partial charge in [0, 0.05) is 15.9 Å². The zero-order valence-corrected chi connectivity index (χ0v) is 10.4. The van der Waals surface area contributed by atoms with Gasteiger partial charge in [0.2, 0.25) is 0 Å². The Labute approximate surface area is 98.4 Å². The fourth-order valence-corrected chi connectivity index (χ4v) is 3.18. The molecule has 1 heterocycles. The minimum absolute atomic E-state index is 0.134. The van der Waals surface area contributed by atoms with Crippen LogP contribution in [0.5, 0.6) is 0 Å². The Hall–Kier alpha value is -1.16. The highest BCUT2D eigenvalue weighted by Gasteiger charge is 2.39. The maximum absolute atomic E-state index is 12.0. The van der Waals surface area contributed by atoms with Gasteiger partial charge in [0.1, 0.15) is 4.88 Å². The van der Waals surface area contributed by atoms with Crippen molar-refractivity contribution in [3.05, 3.63) is 21.4 Å². The van der Waals surface area contributed by atoms with E-state index in [-0.39, 0.29) is 17.2 Å². The van der Waals surface area contributed by atoms with Gasteiger partial charge in [0.25, 0.3) is 0 Å². The van der Waals surface area contributed by atoms with E-state index in [4.69, 9.17) is 4.74 Å². The van der Waals surface area contributed by atoms with Gasteiger partial charge in [0.15, 0.2) is 5.78 Å². The van der Waals surface area contributed by atoms with Gasteiger partial charge in [-0.25, -0.2) is 4.79 Å². The molecule has 0 spiro atoms. The molecule has 0 radical (unpaired) electrons. The van der Waals surface area contributed by atoms with Crippen molar-refractivity contribution in [3.8, 4) is 0 Å². The van der Waals surface area contributed by atoms with Crippen LogP contribution in [0.25, 0.3) is 0 Å². The predicted molar refractivity (Wildman–Crippen MR) is 62.1 cm³/mol. The zero-order valence-electron chi connectivity index (χ0n) is 9.62. The third-order valence-corrected chi connectivity index (χ3v) is 3.86. The van der Waals surface area contributed by atoms with Crippen molar-refractivity contribution < 1.29 is 14.3 Å². The van der Waals surface area contributed by atoms with Crippen molar-refractivity contribution in [2.45, 2.75) is 27.2 Å². The first-order valence-electron chi connectivity index (χ1n) is 5.30. The molecule has 1 aliphatic rings. The molecule has 86 valence electrons. The highest BCUT2D eigenvalue weighted by atomic mass is 32.1. The third kappa shape index (κ3) is 1.67. The predicted octanol–water partition coefficient (Wildman–Crippen LogP) is 2.69. The molecule has 4 heteroatoms. The molecule has 0 fully saturated rings. The van der Waals surface area contributed by atoms with Gasteiger partial charge in [-0.1, -0.05) is 13.8 Å². The number of ether oxygens (including phenoxy) is 1. The number of rotatable bonds is 2. The number of ketones is 1. The fourth-order valence-electron chi connectivity index (χ4n) is 1.90. The number of carbonyl (C=O) groups excluding carboxylic acids is 2. The highest BCUT2D eigenvalue weighted by Crippen LogP contribution is 2.40. The summed E-state index contributed by atoms with van der Waals surface area (Å²) in [5.74, 6) is -0.193. The Morgan fingerprint density at radius 2 is 2.25 bits per heavy atom. The lowest BCUT2D eigenvalue weighted by Gasteiger charge is -2.13. The second-order valence-corrected chi connectivity index (χ2v) is 5.69. The SMILES string of the molecule is CCOC(=O)c1cc2c(s1)CC(C)(C)C2=O. The third-order valence-electron chi connectivity index (χ3n) is 2.75. The van der Waals surface area contributed by atoms with Gasteiger partial charge in [-0.15, -0.1) is 11.3 Å². The van der Waals surface area contributed by atoms with Crippen LogP contribution < -0.4 is 0 Å². The quantitative estimate of drug-likeness (QED) is 0.744. The first-order valence-corrected chi connectivity index (χ1v) is 6.12. The van der Waals surface area contributed by atoms with Gasteiger partial charge in [0.05, 0.1) is 6.61 Å². The maximum Gasteiger partial charge on any atom is 0.348 e. The van der Waals surface area contributed by atoms with Gasteiger partial charge >= 0.3 is 5.97 Å². The second-order valence-electron chi connectivity index (χ2n) is 4.56. The van der Waals surface area contributed by atoms with E-state index in [1.807, 2.05) is 13.8 Å². The number of carbonyl (C=O) groups is 2. The van der Waals surface area contributed by atoms with E-state index >= 15 is 0 Å². The van der Waals surface area contributed by atoms with Crippen LogP contribution in [0.3, 0.4) is 0 Å². The summed E-state index contributed by atoms with van der Waals surface area (Å²) < 4.78 is 4.91. The smallest absolute Gasteiger partial charge is 0.348 e. The lowest BCUT2D eigenvalue weighted by Crippen LogP contribution is -2.19. The van der Waals surface area contributed by atoms with Crippen molar-refractivity contribution >= 4 is 23.1 Å². The largest absolute Gasteiger partial charge is 0.462 e. The summed E-state index contributed by atoms with van der Waals surface area (Å²) in [6, 6.07) is 1.68. The van der Waals surface area contributed by atoms with Crippen LogP contribution in [0, 0.1) is 5.41 Å². The number of fused-ring (bicyclic) bond motifs is 1. The average molecular weight is 238 g/mol. The Balaban J connectivity index is 2.30. The molecule has 0 aliphatic heterocycles. The van der Waals surface area contributed by atoms with Crippen molar-refractivity contribution in [1.82, 2.24) is 0 Å². The Bertz CT molecular complexity index is 457. The molecule has 0 amide bonds. The van der Waals surface area contributed by atoms with Gasteiger partial charge in [-0.2, -0.15) is 0 Å². The molecule has 0 unspecified atom stereocenters. The number of thiophene rings is 1. The van der Waals surface area contributed by atoms with Crippen molar-refractivity contribution in [2.24, 2.45) is 5.41 Å². The number of hydrogen-bond acceptors (Lipinski definition) is 4. The van der Waals surface area contributed by atoms with E-state index in [1.54, 1.807) is 13.0 Å². The van der Waals surface area contributed by atoms with Gasteiger partial charge in [-0.05, 0) is 19.4 Å². The van der Waals surface area contributed by atoms with Crippen LogP contribution in [0.15, 0.2) is 6.07 Å². The molecular formula is C12H14O3S. The molecule has 1 aliphatic carbocycles. The van der Waals surface area contributed by atoms with Crippen LogP contribution in [-0.4, -0.2) is 18.4 Å². The van der Waals surface area contributed by atoms with Crippen LogP contribution >= 0.6 is 11.3 Å². The molecule has 3 nitrogen and oxygen atoms in total. The lowest BCUT2D eigenvalue weighted by molar-refractivity contribution is 0.0532. The van der Waals surface area contributed by atoms with E-state index in [0.717, 1.165) is 11.3 Å². The second kappa shape index (κ2) is 3.70. The number of hydrogen-bond donors (Lipinski definition) is 0. The summed E-state index contributed by atoms with van der Waals surface area (Å²) in [5.41, 5.74) is 0.395. The van der Waals surface area contributed by atoms with E-state index in [2.05, 4.69) is 0 Å². The first kappa shape index (κ1) is 11.3. The summed E-state index contributed by atoms with van der Waals surface area (Å²) in [6.45, 7) is 6.01. The number of Topliss-reactive ketones (excluding diaryl/α,β-unsaturated/α-hetero) is 1. The summed E-state index contributed by atoms with van der Waals surface area (Å²) in [5, 5.41) is 0. The lowest BCUT2D eigenvalue weighted by atomic mass is 9.89. The minimum atomic E-state index is -0.326. The Morgan fingerprint density at radius 1 is 1.56 bits per heavy atom. The molecule has 0 saturated heterocycles. The van der Waals surface area contributed by atoms with Crippen LogP contribution in [0.2, 0.25) is 0 Å². The Morgan fingerprint density at radius 3 is 2.81 bits per heavy atom. The van der Waals surface area contributed by atoms with Crippen LogP contribution in [-0.2, 0) is 11.2 Å². The molecule has 0 atom stereocenters. The molecule has 1 aromatic heterocycles. The molecule has 0 N–H and O–H groups in total. The molecule has 16 heavy (non-hydrogen) atoms. The van der Waals surface area contributed by atoms with Crippen molar-refractivity contribution in [1.29, 1.82) is 0 Å². The summed E-state index contributed by atoms with van der Waals surface area (Å²) in [7, 11) is 0. The van der Waals surface area contributed by atoms with E-state index < -0.39 is 0 Å². The van der Waals surface area contributed by atoms with E-state index in [1.165, 1.54) is 11.3 Å². The molecule has 2 rings (SSSR count). The topological polar surface area (TPSA) is 43.4 Å². The van der Waals surface area contributed by atoms with Gasteiger partial charge in [-0.3, -0.25) is 4.79 Å².